The van der Waals surface area contributed by atoms with E-state index in [4.69, 9.17) is 4.42 Å². The number of amides is 1. The molecular weight excluding hydrogens is 354 g/mol. The van der Waals surface area contributed by atoms with Gasteiger partial charge in [0.1, 0.15) is 11.8 Å². The van der Waals surface area contributed by atoms with Crippen LogP contribution in [0.25, 0.3) is 11.0 Å². The van der Waals surface area contributed by atoms with E-state index in [1.54, 1.807) is 54.6 Å². The summed E-state index contributed by atoms with van der Waals surface area (Å²) in [7, 11) is 0. The summed E-state index contributed by atoms with van der Waals surface area (Å²) in [6.45, 7) is 0. The zero-order chi connectivity index (χ0) is 19.3. The van der Waals surface area contributed by atoms with Crippen molar-refractivity contribution in [2.75, 3.05) is 5.32 Å². The predicted octanol–water partition coefficient (Wildman–Crippen LogP) is 4.46. The maximum atomic E-state index is 12.8. The fraction of sp³-hybridized carbons (Fsp3) is 0. The molecule has 1 aliphatic carbocycles. The van der Waals surface area contributed by atoms with Crippen molar-refractivity contribution >= 4 is 34.1 Å². The van der Waals surface area contributed by atoms with Crippen molar-refractivity contribution < 1.29 is 18.8 Å². The van der Waals surface area contributed by atoms with E-state index in [0.29, 0.717) is 44.5 Å². The molecule has 5 rings (SSSR count). The van der Waals surface area contributed by atoms with Crippen LogP contribution in [0.3, 0.4) is 0 Å². The highest BCUT2D eigenvalue weighted by atomic mass is 16.3. The molecule has 1 aliphatic rings. The van der Waals surface area contributed by atoms with Crippen LogP contribution in [-0.2, 0) is 0 Å². The van der Waals surface area contributed by atoms with Crippen LogP contribution in [0.2, 0.25) is 0 Å². The minimum atomic E-state index is -0.347. The minimum Gasteiger partial charge on any atom is -0.463 e. The Labute approximate surface area is 159 Å². The average molecular weight is 367 g/mol. The van der Waals surface area contributed by atoms with Crippen LogP contribution in [0.1, 0.15) is 42.2 Å². The molecule has 0 aliphatic heterocycles. The molecule has 1 aromatic heterocycles. The van der Waals surface area contributed by atoms with E-state index in [1.807, 2.05) is 12.1 Å². The predicted molar refractivity (Wildman–Crippen MR) is 104 cm³/mol. The molecule has 1 N–H and O–H groups in total. The van der Waals surface area contributed by atoms with Gasteiger partial charge in [0.2, 0.25) is 0 Å². The Morgan fingerprint density at radius 2 is 1.39 bits per heavy atom. The van der Waals surface area contributed by atoms with Gasteiger partial charge in [-0.25, -0.2) is 0 Å². The van der Waals surface area contributed by atoms with Crippen molar-refractivity contribution in [3.8, 4) is 0 Å². The molecular formula is C23H13NO4. The molecule has 0 saturated heterocycles. The van der Waals surface area contributed by atoms with Crippen molar-refractivity contribution in [1.82, 2.24) is 0 Å². The second-order valence-corrected chi connectivity index (χ2v) is 6.56. The lowest BCUT2D eigenvalue weighted by Crippen LogP contribution is -2.21. The lowest BCUT2D eigenvalue weighted by molar-refractivity contribution is 0.0979. The third kappa shape index (κ3) is 2.37. The summed E-state index contributed by atoms with van der Waals surface area (Å²) in [6, 6.07) is 18.8. The number of carbonyl (C=O) groups excluding carboxylic acids is 3. The number of hydrogen-bond acceptors (Lipinski definition) is 4. The van der Waals surface area contributed by atoms with E-state index in [-0.39, 0.29) is 17.5 Å². The van der Waals surface area contributed by atoms with Gasteiger partial charge in [0.25, 0.3) is 5.91 Å². The maximum absolute atomic E-state index is 12.8. The average Bonchev–Trinajstić information content (AvgIpc) is 3.16. The van der Waals surface area contributed by atoms with Crippen molar-refractivity contribution in [3.63, 3.8) is 0 Å². The zero-order valence-corrected chi connectivity index (χ0v) is 14.6. The number of ketones is 2. The summed E-state index contributed by atoms with van der Waals surface area (Å²) in [5.41, 5.74) is 2.88. The second-order valence-electron chi connectivity index (χ2n) is 6.56. The Hall–Kier alpha value is -3.99. The standard InChI is InChI=1S/C23H13NO4/c25-21-15-6-1-2-7-16(15)22(26)18-11-13(9-10-17(18)21)24-23(27)19-12-28-20-8-4-3-5-14(19)20/h1-12H,(H,24,27). The van der Waals surface area contributed by atoms with Gasteiger partial charge in [-0.15, -0.1) is 0 Å². The van der Waals surface area contributed by atoms with Gasteiger partial charge in [0, 0.05) is 33.3 Å². The van der Waals surface area contributed by atoms with E-state index < -0.39 is 0 Å². The highest BCUT2D eigenvalue weighted by molar-refractivity contribution is 6.28. The Morgan fingerprint density at radius 3 is 2.18 bits per heavy atom. The van der Waals surface area contributed by atoms with E-state index >= 15 is 0 Å². The Morgan fingerprint density at radius 1 is 0.750 bits per heavy atom. The molecule has 0 unspecified atom stereocenters. The van der Waals surface area contributed by atoms with Gasteiger partial charge >= 0.3 is 0 Å². The first-order valence-corrected chi connectivity index (χ1v) is 8.73. The molecule has 4 aromatic rings. The second kappa shape index (κ2) is 6.03. The molecule has 3 aromatic carbocycles. The normalized spacial score (nSPS) is 12.6. The van der Waals surface area contributed by atoms with Gasteiger partial charge in [0.15, 0.2) is 11.6 Å². The molecule has 0 saturated carbocycles. The van der Waals surface area contributed by atoms with Crippen LogP contribution in [-0.4, -0.2) is 17.5 Å². The molecule has 0 atom stereocenters. The maximum Gasteiger partial charge on any atom is 0.259 e. The van der Waals surface area contributed by atoms with Gasteiger partial charge < -0.3 is 9.73 Å². The molecule has 1 heterocycles. The Balaban J connectivity index is 1.51. The van der Waals surface area contributed by atoms with Gasteiger partial charge in [-0.1, -0.05) is 42.5 Å². The number of fused-ring (bicyclic) bond motifs is 3. The summed E-state index contributed by atoms with van der Waals surface area (Å²) in [5.74, 6) is -0.765. The summed E-state index contributed by atoms with van der Waals surface area (Å²) >= 11 is 0. The molecule has 0 bridgehead atoms. The molecule has 0 fully saturated rings. The quantitative estimate of drug-likeness (QED) is 0.500. The lowest BCUT2D eigenvalue weighted by Gasteiger charge is -2.18. The van der Waals surface area contributed by atoms with Crippen LogP contribution in [0.4, 0.5) is 5.69 Å². The molecule has 1 amide bonds. The largest absolute Gasteiger partial charge is 0.463 e. The monoisotopic (exact) mass is 367 g/mol. The number of para-hydroxylation sites is 1. The van der Waals surface area contributed by atoms with E-state index in [0.717, 1.165) is 0 Å². The Kier molecular flexibility index (Phi) is 3.49. The van der Waals surface area contributed by atoms with Crippen molar-refractivity contribution in [2.24, 2.45) is 0 Å². The minimum absolute atomic E-state index is 0.191. The molecule has 5 heteroatoms. The van der Waals surface area contributed by atoms with Crippen molar-refractivity contribution in [3.05, 3.63) is 101 Å². The first kappa shape index (κ1) is 16.2. The zero-order valence-electron chi connectivity index (χ0n) is 14.6. The van der Waals surface area contributed by atoms with E-state index in [1.165, 1.54) is 6.26 Å². The topological polar surface area (TPSA) is 76.4 Å². The molecule has 5 nitrogen and oxygen atoms in total. The number of hydrogen-bond donors (Lipinski definition) is 1. The van der Waals surface area contributed by atoms with Gasteiger partial charge in [-0.05, 0) is 24.3 Å². The molecule has 28 heavy (non-hydrogen) atoms. The van der Waals surface area contributed by atoms with Crippen molar-refractivity contribution in [1.29, 1.82) is 0 Å². The summed E-state index contributed by atoms with van der Waals surface area (Å²) in [6.07, 6.45) is 1.41. The fourth-order valence-electron chi connectivity index (χ4n) is 3.53. The highest BCUT2D eigenvalue weighted by Gasteiger charge is 2.29. The highest BCUT2D eigenvalue weighted by Crippen LogP contribution is 2.29. The number of furan rings is 1. The van der Waals surface area contributed by atoms with E-state index in [9.17, 15) is 14.4 Å². The fourth-order valence-corrected chi connectivity index (χ4v) is 3.53. The third-order valence-corrected chi connectivity index (χ3v) is 4.91. The number of nitrogens with one attached hydrogen (secondary N) is 1. The first-order valence-electron chi connectivity index (χ1n) is 8.73. The smallest absolute Gasteiger partial charge is 0.259 e. The SMILES string of the molecule is O=C1c2ccccc2C(=O)c2cc(NC(=O)c3coc4ccccc34)ccc21. The van der Waals surface area contributed by atoms with E-state index in [2.05, 4.69) is 5.32 Å². The van der Waals surface area contributed by atoms with Crippen LogP contribution in [0.15, 0.2) is 77.4 Å². The molecule has 0 spiro atoms. The summed E-state index contributed by atoms with van der Waals surface area (Å²) in [5, 5.41) is 3.49. The van der Waals surface area contributed by atoms with Crippen LogP contribution < -0.4 is 5.32 Å². The number of benzene rings is 3. The van der Waals surface area contributed by atoms with Crippen LogP contribution in [0.5, 0.6) is 0 Å². The summed E-state index contributed by atoms with van der Waals surface area (Å²) < 4.78 is 5.41. The molecule has 134 valence electrons. The Bertz CT molecular complexity index is 1300. The summed E-state index contributed by atoms with van der Waals surface area (Å²) in [4.78, 5) is 38.2. The number of anilines is 1. The van der Waals surface area contributed by atoms with Gasteiger partial charge in [-0.3, -0.25) is 14.4 Å². The lowest BCUT2D eigenvalue weighted by atomic mass is 9.84. The number of rotatable bonds is 2. The number of carbonyl (C=O) groups is 3. The van der Waals surface area contributed by atoms with Crippen molar-refractivity contribution in [2.45, 2.75) is 0 Å². The third-order valence-electron chi connectivity index (χ3n) is 4.91. The molecule has 0 radical (unpaired) electrons. The van der Waals surface area contributed by atoms with Gasteiger partial charge in [-0.2, -0.15) is 0 Å². The first-order chi connectivity index (χ1) is 13.6. The van der Waals surface area contributed by atoms with Crippen LogP contribution in [0, 0.1) is 0 Å². The van der Waals surface area contributed by atoms with Gasteiger partial charge in [0.05, 0.1) is 5.56 Å². The van der Waals surface area contributed by atoms with Crippen LogP contribution >= 0.6 is 0 Å².